The zero-order chi connectivity index (χ0) is 19.1. The van der Waals surface area contributed by atoms with E-state index in [0.717, 1.165) is 11.1 Å². The molecule has 0 fully saturated rings. The molecule has 0 atom stereocenters. The molecule has 0 saturated heterocycles. The zero-order valence-corrected chi connectivity index (χ0v) is 14.9. The second-order valence-electron chi connectivity index (χ2n) is 6.02. The first-order valence-electron chi connectivity index (χ1n) is 8.64. The predicted octanol–water partition coefficient (Wildman–Crippen LogP) is 3.31. The second-order valence-corrected chi connectivity index (χ2v) is 6.02. The van der Waals surface area contributed by atoms with Gasteiger partial charge in [-0.25, -0.2) is 4.39 Å². The van der Waals surface area contributed by atoms with Crippen LogP contribution in [0.15, 0.2) is 52.9 Å². The SMILES string of the molecule is Cc1ccc(-c2nnc(CCC(=O)NCCOc3ccc(F)cc3)o2)cc1. The number of ether oxygens (including phenoxy) is 1. The lowest BCUT2D eigenvalue weighted by Gasteiger charge is -2.07. The third-order valence-corrected chi connectivity index (χ3v) is 3.84. The Morgan fingerprint density at radius 3 is 2.59 bits per heavy atom. The highest BCUT2D eigenvalue weighted by Crippen LogP contribution is 2.18. The highest BCUT2D eigenvalue weighted by molar-refractivity contribution is 5.76. The van der Waals surface area contributed by atoms with Crippen LogP contribution in [0, 0.1) is 12.7 Å². The van der Waals surface area contributed by atoms with E-state index < -0.39 is 0 Å². The number of aromatic nitrogens is 2. The van der Waals surface area contributed by atoms with Gasteiger partial charge in [0.15, 0.2) is 0 Å². The van der Waals surface area contributed by atoms with E-state index in [1.807, 2.05) is 31.2 Å². The summed E-state index contributed by atoms with van der Waals surface area (Å²) in [5.74, 6) is 0.969. The fourth-order valence-electron chi connectivity index (χ4n) is 2.37. The molecule has 140 valence electrons. The number of nitrogens with zero attached hydrogens (tertiary/aromatic N) is 2. The Hall–Kier alpha value is -3.22. The fraction of sp³-hybridized carbons (Fsp3) is 0.250. The van der Waals surface area contributed by atoms with Crippen molar-refractivity contribution in [3.63, 3.8) is 0 Å². The normalized spacial score (nSPS) is 10.6. The third-order valence-electron chi connectivity index (χ3n) is 3.84. The fourth-order valence-corrected chi connectivity index (χ4v) is 2.37. The summed E-state index contributed by atoms with van der Waals surface area (Å²) in [6.45, 7) is 2.66. The van der Waals surface area contributed by atoms with Crippen molar-refractivity contribution in [3.8, 4) is 17.2 Å². The van der Waals surface area contributed by atoms with Crippen LogP contribution in [0.2, 0.25) is 0 Å². The number of halogens is 1. The van der Waals surface area contributed by atoms with E-state index in [4.69, 9.17) is 9.15 Å². The first kappa shape index (κ1) is 18.6. The molecule has 0 aliphatic heterocycles. The largest absolute Gasteiger partial charge is 0.492 e. The molecule has 3 rings (SSSR count). The van der Waals surface area contributed by atoms with E-state index in [1.54, 1.807) is 12.1 Å². The van der Waals surface area contributed by atoms with Crippen LogP contribution in [0.1, 0.15) is 17.9 Å². The van der Waals surface area contributed by atoms with Crippen LogP contribution >= 0.6 is 0 Å². The molecule has 0 aliphatic carbocycles. The van der Waals surface area contributed by atoms with E-state index in [2.05, 4.69) is 15.5 Å². The Labute approximate surface area is 156 Å². The van der Waals surface area contributed by atoms with Gasteiger partial charge in [-0.2, -0.15) is 0 Å². The molecule has 1 aromatic heterocycles. The van der Waals surface area contributed by atoms with Gasteiger partial charge in [0.2, 0.25) is 17.7 Å². The smallest absolute Gasteiger partial charge is 0.247 e. The number of benzene rings is 2. The van der Waals surface area contributed by atoms with Gasteiger partial charge in [0, 0.05) is 18.4 Å². The maximum Gasteiger partial charge on any atom is 0.247 e. The van der Waals surface area contributed by atoms with Gasteiger partial charge in [0.25, 0.3) is 0 Å². The number of nitrogens with one attached hydrogen (secondary N) is 1. The van der Waals surface area contributed by atoms with Crippen molar-refractivity contribution in [2.75, 3.05) is 13.2 Å². The molecule has 0 aliphatic rings. The molecule has 1 N–H and O–H groups in total. The average molecular weight is 369 g/mol. The summed E-state index contributed by atoms with van der Waals surface area (Å²) >= 11 is 0. The molecule has 7 heteroatoms. The standard InChI is InChI=1S/C20H20FN3O3/c1-14-2-4-15(5-3-14)20-24-23-19(27-20)11-10-18(25)22-12-13-26-17-8-6-16(21)7-9-17/h2-9H,10-13H2,1H3,(H,22,25). The second kappa shape index (κ2) is 8.93. The number of rotatable bonds is 8. The first-order chi connectivity index (χ1) is 13.1. The Morgan fingerprint density at radius 1 is 1.11 bits per heavy atom. The van der Waals surface area contributed by atoms with Crippen molar-refractivity contribution in [2.45, 2.75) is 19.8 Å². The van der Waals surface area contributed by atoms with E-state index in [1.165, 1.54) is 12.1 Å². The quantitative estimate of drug-likeness (QED) is 0.617. The number of hydrogen-bond donors (Lipinski definition) is 1. The summed E-state index contributed by atoms with van der Waals surface area (Å²) in [6, 6.07) is 13.5. The summed E-state index contributed by atoms with van der Waals surface area (Å²) in [6.07, 6.45) is 0.607. The lowest BCUT2D eigenvalue weighted by Crippen LogP contribution is -2.28. The van der Waals surface area contributed by atoms with Crippen LogP contribution in [0.4, 0.5) is 4.39 Å². The number of amides is 1. The highest BCUT2D eigenvalue weighted by Gasteiger charge is 2.10. The van der Waals surface area contributed by atoms with Gasteiger partial charge in [0.05, 0.1) is 6.54 Å². The third kappa shape index (κ3) is 5.64. The number of carbonyl (C=O) groups is 1. The molecular weight excluding hydrogens is 349 g/mol. The molecule has 0 bridgehead atoms. The predicted molar refractivity (Wildman–Crippen MR) is 97.7 cm³/mol. The van der Waals surface area contributed by atoms with Crippen LogP contribution in [0.25, 0.3) is 11.5 Å². The lowest BCUT2D eigenvalue weighted by atomic mass is 10.1. The summed E-state index contributed by atoms with van der Waals surface area (Å²) in [5.41, 5.74) is 2.00. The highest BCUT2D eigenvalue weighted by atomic mass is 19.1. The van der Waals surface area contributed by atoms with Crippen molar-refractivity contribution in [3.05, 3.63) is 65.8 Å². The van der Waals surface area contributed by atoms with Crippen molar-refractivity contribution in [2.24, 2.45) is 0 Å². The molecule has 0 saturated carbocycles. The molecule has 1 amide bonds. The van der Waals surface area contributed by atoms with Crippen molar-refractivity contribution >= 4 is 5.91 Å². The van der Waals surface area contributed by atoms with Gasteiger partial charge in [-0.1, -0.05) is 17.7 Å². The van der Waals surface area contributed by atoms with E-state index in [0.29, 0.717) is 37.1 Å². The van der Waals surface area contributed by atoms with Gasteiger partial charge < -0.3 is 14.5 Å². The topological polar surface area (TPSA) is 77.2 Å². The van der Waals surface area contributed by atoms with E-state index >= 15 is 0 Å². The summed E-state index contributed by atoms with van der Waals surface area (Å²) < 4.78 is 23.8. The molecule has 6 nitrogen and oxygen atoms in total. The van der Waals surface area contributed by atoms with Crippen LogP contribution in [-0.2, 0) is 11.2 Å². The zero-order valence-electron chi connectivity index (χ0n) is 14.9. The van der Waals surface area contributed by atoms with Gasteiger partial charge in [0.1, 0.15) is 18.2 Å². The lowest BCUT2D eigenvalue weighted by molar-refractivity contribution is -0.121. The summed E-state index contributed by atoms with van der Waals surface area (Å²) in [4.78, 5) is 11.9. The molecule has 3 aromatic rings. The van der Waals surface area contributed by atoms with Gasteiger partial charge in [-0.05, 0) is 43.3 Å². The molecule has 2 aromatic carbocycles. The Kier molecular flexibility index (Phi) is 6.14. The molecule has 0 spiro atoms. The number of hydrogen-bond acceptors (Lipinski definition) is 5. The Morgan fingerprint density at radius 2 is 1.85 bits per heavy atom. The minimum Gasteiger partial charge on any atom is -0.492 e. The first-order valence-corrected chi connectivity index (χ1v) is 8.64. The van der Waals surface area contributed by atoms with Gasteiger partial charge in [-0.3, -0.25) is 4.79 Å². The molecule has 1 heterocycles. The molecule has 27 heavy (non-hydrogen) atoms. The monoisotopic (exact) mass is 369 g/mol. The van der Waals surface area contributed by atoms with E-state index in [9.17, 15) is 9.18 Å². The van der Waals surface area contributed by atoms with Crippen molar-refractivity contribution < 1.29 is 18.3 Å². The molecular formula is C20H20FN3O3. The molecule has 0 unspecified atom stereocenters. The summed E-state index contributed by atoms with van der Waals surface area (Å²) in [7, 11) is 0. The number of carbonyl (C=O) groups excluding carboxylic acids is 1. The van der Waals surface area contributed by atoms with Crippen LogP contribution < -0.4 is 10.1 Å². The maximum absolute atomic E-state index is 12.8. The minimum absolute atomic E-state index is 0.132. The number of aryl methyl sites for hydroxylation is 2. The minimum atomic E-state index is -0.317. The Bertz CT molecular complexity index is 876. The average Bonchev–Trinajstić information content (AvgIpc) is 3.14. The van der Waals surface area contributed by atoms with Crippen molar-refractivity contribution in [1.82, 2.24) is 15.5 Å². The van der Waals surface area contributed by atoms with Crippen LogP contribution in [0.5, 0.6) is 5.75 Å². The Balaban J connectivity index is 1.38. The maximum atomic E-state index is 12.8. The molecule has 0 radical (unpaired) electrons. The van der Waals surface area contributed by atoms with Crippen molar-refractivity contribution in [1.29, 1.82) is 0 Å². The van der Waals surface area contributed by atoms with E-state index in [-0.39, 0.29) is 18.1 Å². The van der Waals surface area contributed by atoms with Crippen LogP contribution in [0.3, 0.4) is 0 Å². The summed E-state index contributed by atoms with van der Waals surface area (Å²) in [5, 5.41) is 10.7. The van der Waals surface area contributed by atoms with Gasteiger partial charge >= 0.3 is 0 Å². The van der Waals surface area contributed by atoms with Crippen LogP contribution in [-0.4, -0.2) is 29.3 Å². The van der Waals surface area contributed by atoms with Gasteiger partial charge in [-0.15, -0.1) is 10.2 Å².